The number of aromatic nitrogens is 2. The number of benzene rings is 2. The molecule has 0 saturated heterocycles. The molecule has 9 heteroatoms. The second-order valence-electron chi connectivity index (χ2n) is 5.46. The first-order valence-corrected chi connectivity index (χ1v) is 9.86. The summed E-state index contributed by atoms with van der Waals surface area (Å²) in [6.45, 7) is 0.117. The van der Waals surface area contributed by atoms with Crippen molar-refractivity contribution < 1.29 is 19.0 Å². The van der Waals surface area contributed by atoms with Crippen LogP contribution in [0.3, 0.4) is 0 Å². The molecule has 0 bridgehead atoms. The first kappa shape index (κ1) is 19.4. The highest BCUT2D eigenvalue weighted by atomic mass is 32.2. The van der Waals surface area contributed by atoms with Crippen molar-refractivity contribution in [2.45, 2.75) is 10.4 Å². The largest absolute Gasteiger partial charge is 0.497 e. The predicted molar refractivity (Wildman–Crippen MR) is 105 cm³/mol. The minimum absolute atomic E-state index is 0.117. The number of thioether (sulfide) groups is 1. The molecule has 0 amide bonds. The van der Waals surface area contributed by atoms with E-state index in [9.17, 15) is 9.50 Å². The summed E-state index contributed by atoms with van der Waals surface area (Å²) in [6.07, 6.45) is -0.682. The molecule has 1 aromatic heterocycles. The third kappa shape index (κ3) is 6.09. The molecule has 0 aliphatic carbocycles. The smallest absolute Gasteiger partial charge is 0.210 e. The lowest BCUT2D eigenvalue weighted by Gasteiger charge is -2.11. The first-order valence-electron chi connectivity index (χ1n) is 8.06. The number of aliphatic hydroxyl groups is 1. The van der Waals surface area contributed by atoms with Crippen molar-refractivity contribution in [2.75, 3.05) is 24.8 Å². The van der Waals surface area contributed by atoms with Gasteiger partial charge < -0.3 is 19.9 Å². The van der Waals surface area contributed by atoms with Gasteiger partial charge in [0.05, 0.1) is 13.2 Å². The molecule has 2 N–H and O–H groups in total. The van der Waals surface area contributed by atoms with Crippen LogP contribution >= 0.6 is 23.1 Å². The lowest BCUT2D eigenvalue weighted by Crippen LogP contribution is -2.20. The van der Waals surface area contributed by atoms with Gasteiger partial charge in [0.1, 0.15) is 23.9 Å². The lowest BCUT2D eigenvalue weighted by atomic mass is 10.3. The van der Waals surface area contributed by atoms with Crippen molar-refractivity contribution in [1.29, 1.82) is 0 Å². The van der Waals surface area contributed by atoms with Crippen molar-refractivity contribution in [2.24, 2.45) is 0 Å². The molecule has 3 aromatic rings. The van der Waals surface area contributed by atoms with Gasteiger partial charge in [-0.15, -0.1) is 10.2 Å². The van der Waals surface area contributed by atoms with Crippen LogP contribution in [0.1, 0.15) is 0 Å². The maximum absolute atomic E-state index is 12.8. The topological polar surface area (TPSA) is 76.5 Å². The predicted octanol–water partition coefficient (Wildman–Crippen LogP) is 3.96. The van der Waals surface area contributed by atoms with Crippen molar-refractivity contribution in [3.8, 4) is 11.5 Å². The third-order valence-electron chi connectivity index (χ3n) is 3.38. The number of rotatable bonds is 9. The molecule has 1 atom stereocenters. The van der Waals surface area contributed by atoms with Crippen LogP contribution in [0.25, 0.3) is 0 Å². The molecule has 0 aliphatic heterocycles. The van der Waals surface area contributed by atoms with E-state index in [4.69, 9.17) is 9.47 Å². The van der Waals surface area contributed by atoms with Crippen LogP contribution in [-0.4, -0.2) is 40.9 Å². The van der Waals surface area contributed by atoms with Gasteiger partial charge in [-0.1, -0.05) is 29.2 Å². The zero-order valence-electron chi connectivity index (χ0n) is 14.5. The highest BCUT2D eigenvalue weighted by Gasteiger charge is 2.10. The molecule has 0 radical (unpaired) electrons. The Labute approximate surface area is 164 Å². The van der Waals surface area contributed by atoms with E-state index in [1.165, 1.54) is 47.4 Å². The molecular weight excluding hydrogens is 389 g/mol. The normalized spacial score (nSPS) is 11.8. The van der Waals surface area contributed by atoms with Crippen molar-refractivity contribution in [3.05, 3.63) is 54.3 Å². The van der Waals surface area contributed by atoms with Crippen molar-refractivity contribution >= 4 is 33.9 Å². The van der Waals surface area contributed by atoms with E-state index in [1.807, 2.05) is 24.3 Å². The fraction of sp³-hybridized carbons (Fsp3) is 0.222. The van der Waals surface area contributed by atoms with Crippen LogP contribution in [0, 0.1) is 5.82 Å². The molecule has 0 fully saturated rings. The van der Waals surface area contributed by atoms with Gasteiger partial charge in [-0.3, -0.25) is 0 Å². The Balaban J connectivity index is 1.45. The molecule has 0 saturated carbocycles. The zero-order valence-corrected chi connectivity index (χ0v) is 16.1. The van der Waals surface area contributed by atoms with Gasteiger partial charge in [-0.05, 0) is 36.4 Å². The highest BCUT2D eigenvalue weighted by Crippen LogP contribution is 2.29. The number of anilines is 2. The van der Waals surface area contributed by atoms with Gasteiger partial charge >= 0.3 is 0 Å². The summed E-state index contributed by atoms with van der Waals surface area (Å²) < 4.78 is 24.2. The molecule has 3 rings (SSSR count). The Morgan fingerprint density at radius 1 is 1.19 bits per heavy atom. The molecule has 27 heavy (non-hydrogen) atoms. The fourth-order valence-electron chi connectivity index (χ4n) is 2.08. The summed E-state index contributed by atoms with van der Waals surface area (Å²) >= 11 is 2.79. The molecule has 0 unspecified atom stereocenters. The second-order valence-corrected chi connectivity index (χ2v) is 7.70. The number of hydrogen-bond donors (Lipinski definition) is 2. The monoisotopic (exact) mass is 407 g/mol. The van der Waals surface area contributed by atoms with Crippen LogP contribution in [-0.2, 0) is 0 Å². The standard InChI is InChI=1S/C18H18FN3O3S2/c1-24-16-4-2-3-13(9-16)20-17-21-22-18(27-17)26-11-14(23)10-25-15-7-5-12(19)6-8-15/h2-9,14,23H,10-11H2,1H3,(H,20,21)/t14-/m1/s1. The first-order chi connectivity index (χ1) is 13.1. The van der Waals surface area contributed by atoms with Crippen molar-refractivity contribution in [3.63, 3.8) is 0 Å². The minimum atomic E-state index is -0.682. The van der Waals surface area contributed by atoms with Crippen LogP contribution in [0.5, 0.6) is 11.5 Å². The summed E-state index contributed by atoms with van der Waals surface area (Å²) in [6, 6.07) is 13.2. The number of aliphatic hydroxyl groups excluding tert-OH is 1. The SMILES string of the molecule is COc1cccc(Nc2nnc(SC[C@H](O)COc3ccc(F)cc3)s2)c1. The van der Waals surface area contributed by atoms with E-state index < -0.39 is 6.10 Å². The summed E-state index contributed by atoms with van der Waals surface area (Å²) in [5.74, 6) is 1.35. The molecule has 6 nitrogen and oxygen atoms in total. The van der Waals surface area contributed by atoms with Gasteiger partial charge in [-0.2, -0.15) is 0 Å². The fourth-order valence-corrected chi connectivity index (χ4v) is 3.79. The quantitative estimate of drug-likeness (QED) is 0.520. The van der Waals surface area contributed by atoms with Crippen LogP contribution in [0.2, 0.25) is 0 Å². The molecule has 2 aromatic carbocycles. The molecule has 1 heterocycles. The van der Waals surface area contributed by atoms with Crippen LogP contribution < -0.4 is 14.8 Å². The Morgan fingerprint density at radius 2 is 2.00 bits per heavy atom. The van der Waals surface area contributed by atoms with E-state index in [2.05, 4.69) is 15.5 Å². The average molecular weight is 407 g/mol. The molecule has 0 aliphatic rings. The Kier molecular flexibility index (Phi) is 6.86. The van der Waals surface area contributed by atoms with Crippen LogP contribution in [0.15, 0.2) is 52.9 Å². The maximum Gasteiger partial charge on any atom is 0.210 e. The molecule has 142 valence electrons. The Bertz CT molecular complexity index is 861. The second kappa shape index (κ2) is 9.54. The van der Waals surface area contributed by atoms with Gasteiger partial charge in [0.25, 0.3) is 0 Å². The Morgan fingerprint density at radius 3 is 2.78 bits per heavy atom. The summed E-state index contributed by atoms with van der Waals surface area (Å²) in [5.41, 5.74) is 0.856. The number of methoxy groups -OCH3 is 1. The van der Waals surface area contributed by atoms with E-state index in [-0.39, 0.29) is 12.4 Å². The molecular formula is C18H18FN3O3S2. The van der Waals surface area contributed by atoms with Crippen molar-refractivity contribution in [1.82, 2.24) is 10.2 Å². The minimum Gasteiger partial charge on any atom is -0.497 e. The third-order valence-corrected chi connectivity index (χ3v) is 5.50. The van der Waals surface area contributed by atoms with Gasteiger partial charge in [0.2, 0.25) is 5.13 Å². The summed E-state index contributed by atoms with van der Waals surface area (Å²) in [5, 5.41) is 22.1. The number of nitrogens with one attached hydrogen (secondary N) is 1. The maximum atomic E-state index is 12.8. The lowest BCUT2D eigenvalue weighted by molar-refractivity contribution is 0.126. The molecule has 0 spiro atoms. The highest BCUT2D eigenvalue weighted by molar-refractivity contribution is 8.01. The van der Waals surface area contributed by atoms with E-state index >= 15 is 0 Å². The zero-order chi connectivity index (χ0) is 19.1. The Hall–Kier alpha value is -2.36. The number of hydrogen-bond acceptors (Lipinski definition) is 8. The summed E-state index contributed by atoms with van der Waals surface area (Å²) in [4.78, 5) is 0. The van der Waals surface area contributed by atoms with Crippen LogP contribution in [0.4, 0.5) is 15.2 Å². The van der Waals surface area contributed by atoms with E-state index in [1.54, 1.807) is 7.11 Å². The van der Waals surface area contributed by atoms with Gasteiger partial charge in [0, 0.05) is 17.5 Å². The van der Waals surface area contributed by atoms with E-state index in [0.29, 0.717) is 16.6 Å². The number of halogens is 1. The summed E-state index contributed by atoms with van der Waals surface area (Å²) in [7, 11) is 1.61. The van der Waals surface area contributed by atoms with E-state index in [0.717, 1.165) is 15.8 Å². The number of nitrogens with zero attached hydrogens (tertiary/aromatic N) is 2. The van der Waals surface area contributed by atoms with Gasteiger partial charge in [0.15, 0.2) is 4.34 Å². The van der Waals surface area contributed by atoms with Gasteiger partial charge in [-0.25, -0.2) is 4.39 Å². The average Bonchev–Trinajstić information content (AvgIpc) is 3.13. The number of ether oxygens (including phenoxy) is 2.